The lowest BCUT2D eigenvalue weighted by atomic mass is 9.94. The molecule has 1 aromatic heterocycles. The zero-order valence-electron chi connectivity index (χ0n) is 15.3. The third-order valence-corrected chi connectivity index (χ3v) is 6.74. The summed E-state index contributed by atoms with van der Waals surface area (Å²) in [5.74, 6) is 1.41. The van der Waals surface area contributed by atoms with Crippen molar-refractivity contribution in [1.29, 1.82) is 0 Å². The standard InChI is InChI=1S/C18H27N5O2S/c1-12-6-9-22(10-7-12)16(24)14-3-2-8-23(11-14)18(25)19-17-21-20-15(26-17)13-4-5-13/h12-14H,2-11H2,1H3,(H,19,21,25)/t14-/m0/s1. The number of hydrogen-bond acceptors (Lipinski definition) is 5. The molecule has 0 bridgehead atoms. The van der Waals surface area contributed by atoms with E-state index in [0.717, 1.165) is 43.8 Å². The number of carbonyl (C=O) groups excluding carboxylic acids is 2. The van der Waals surface area contributed by atoms with Gasteiger partial charge >= 0.3 is 6.03 Å². The van der Waals surface area contributed by atoms with Gasteiger partial charge in [-0.1, -0.05) is 18.3 Å². The van der Waals surface area contributed by atoms with Crippen LogP contribution in [-0.4, -0.2) is 58.1 Å². The maximum absolute atomic E-state index is 12.8. The molecule has 0 radical (unpaired) electrons. The summed E-state index contributed by atoms with van der Waals surface area (Å²) < 4.78 is 0. The van der Waals surface area contributed by atoms with E-state index >= 15 is 0 Å². The van der Waals surface area contributed by atoms with Crippen LogP contribution in [0.25, 0.3) is 0 Å². The maximum Gasteiger partial charge on any atom is 0.323 e. The average Bonchev–Trinajstić information content (AvgIpc) is 3.41. The van der Waals surface area contributed by atoms with Gasteiger partial charge in [0.2, 0.25) is 11.0 Å². The minimum atomic E-state index is -0.159. The topological polar surface area (TPSA) is 78.4 Å². The Morgan fingerprint density at radius 3 is 2.54 bits per heavy atom. The number of nitrogens with one attached hydrogen (secondary N) is 1. The molecule has 3 amide bonds. The summed E-state index contributed by atoms with van der Waals surface area (Å²) in [7, 11) is 0. The zero-order valence-corrected chi connectivity index (χ0v) is 16.1. The van der Waals surface area contributed by atoms with Crippen LogP contribution in [0.2, 0.25) is 0 Å². The van der Waals surface area contributed by atoms with E-state index in [1.165, 1.54) is 24.2 Å². The van der Waals surface area contributed by atoms with Crippen LogP contribution < -0.4 is 5.32 Å². The van der Waals surface area contributed by atoms with E-state index in [-0.39, 0.29) is 17.9 Å². The van der Waals surface area contributed by atoms with Crippen LogP contribution in [0.3, 0.4) is 0 Å². The molecule has 2 aliphatic heterocycles. The molecule has 3 aliphatic rings. The second kappa shape index (κ2) is 7.50. The highest BCUT2D eigenvalue weighted by Crippen LogP contribution is 2.42. The van der Waals surface area contributed by atoms with Crippen LogP contribution in [0.1, 0.15) is 56.4 Å². The number of aromatic nitrogens is 2. The minimum Gasteiger partial charge on any atom is -0.342 e. The third-order valence-electron chi connectivity index (χ3n) is 5.73. The van der Waals surface area contributed by atoms with Gasteiger partial charge in [-0.15, -0.1) is 10.2 Å². The second-order valence-electron chi connectivity index (χ2n) is 7.94. The van der Waals surface area contributed by atoms with Crippen LogP contribution in [0.4, 0.5) is 9.93 Å². The summed E-state index contributed by atoms with van der Waals surface area (Å²) in [4.78, 5) is 29.2. The number of carbonyl (C=O) groups is 2. The molecule has 1 aromatic rings. The minimum absolute atomic E-state index is 0.0700. The molecule has 1 N–H and O–H groups in total. The number of nitrogens with zero attached hydrogens (tertiary/aromatic N) is 4. The number of rotatable bonds is 3. The maximum atomic E-state index is 12.8. The molecule has 26 heavy (non-hydrogen) atoms. The number of hydrogen-bond donors (Lipinski definition) is 1. The van der Waals surface area contributed by atoms with Crippen molar-refractivity contribution >= 4 is 28.4 Å². The smallest absolute Gasteiger partial charge is 0.323 e. The quantitative estimate of drug-likeness (QED) is 0.878. The summed E-state index contributed by atoms with van der Waals surface area (Å²) in [6, 6.07) is -0.159. The third kappa shape index (κ3) is 4.00. The van der Waals surface area contributed by atoms with Gasteiger partial charge in [0.1, 0.15) is 5.01 Å². The van der Waals surface area contributed by atoms with Gasteiger partial charge in [0.15, 0.2) is 0 Å². The molecule has 0 spiro atoms. The van der Waals surface area contributed by atoms with Crippen LogP contribution >= 0.6 is 11.3 Å². The van der Waals surface area contributed by atoms with Crippen molar-refractivity contribution in [3.63, 3.8) is 0 Å². The Balaban J connectivity index is 1.32. The predicted octanol–water partition coefficient (Wildman–Crippen LogP) is 2.92. The Kier molecular flexibility index (Phi) is 5.11. The van der Waals surface area contributed by atoms with Gasteiger partial charge in [-0.05, 0) is 44.4 Å². The van der Waals surface area contributed by atoms with E-state index < -0.39 is 0 Å². The molecule has 3 heterocycles. The molecule has 0 unspecified atom stereocenters. The Hall–Kier alpha value is -1.70. The predicted molar refractivity (Wildman–Crippen MR) is 100 cm³/mol. The summed E-state index contributed by atoms with van der Waals surface area (Å²) in [6.45, 7) is 5.16. The fourth-order valence-electron chi connectivity index (χ4n) is 3.80. The van der Waals surface area contributed by atoms with Gasteiger partial charge in [-0.3, -0.25) is 10.1 Å². The Bertz CT molecular complexity index is 666. The molecule has 1 atom stereocenters. The molecule has 1 aliphatic carbocycles. The van der Waals surface area contributed by atoms with Crippen molar-refractivity contribution in [2.75, 3.05) is 31.5 Å². The fourth-order valence-corrected chi connectivity index (χ4v) is 4.70. The molecule has 142 valence electrons. The molecule has 8 heteroatoms. The SMILES string of the molecule is CC1CCN(C(=O)[C@H]2CCCN(C(=O)Nc3nnc(C4CC4)s3)C2)CC1. The monoisotopic (exact) mass is 377 g/mol. The Labute approximate surface area is 158 Å². The van der Waals surface area contributed by atoms with Crippen molar-refractivity contribution in [3.8, 4) is 0 Å². The van der Waals surface area contributed by atoms with Crippen LogP contribution in [0.15, 0.2) is 0 Å². The second-order valence-corrected chi connectivity index (χ2v) is 8.95. The summed E-state index contributed by atoms with van der Waals surface area (Å²) in [5.41, 5.74) is 0. The number of piperidine rings is 2. The first kappa shape index (κ1) is 17.7. The number of likely N-dealkylation sites (tertiary alicyclic amines) is 2. The van der Waals surface area contributed by atoms with Gasteiger partial charge in [0.05, 0.1) is 5.92 Å². The van der Waals surface area contributed by atoms with Crippen molar-refractivity contribution in [1.82, 2.24) is 20.0 Å². The first-order valence-corrected chi connectivity index (χ1v) is 10.6. The van der Waals surface area contributed by atoms with E-state index in [0.29, 0.717) is 30.1 Å². The van der Waals surface area contributed by atoms with Gasteiger partial charge in [-0.25, -0.2) is 4.79 Å². The highest BCUT2D eigenvalue weighted by molar-refractivity contribution is 7.15. The molecular formula is C18H27N5O2S. The summed E-state index contributed by atoms with van der Waals surface area (Å²) >= 11 is 1.47. The van der Waals surface area contributed by atoms with Gasteiger partial charge in [-0.2, -0.15) is 0 Å². The molecular weight excluding hydrogens is 350 g/mol. The van der Waals surface area contributed by atoms with E-state index in [2.05, 4.69) is 22.4 Å². The van der Waals surface area contributed by atoms with Gasteiger partial charge in [0.25, 0.3) is 0 Å². The molecule has 0 aromatic carbocycles. The lowest BCUT2D eigenvalue weighted by Gasteiger charge is -2.37. The Morgan fingerprint density at radius 2 is 1.81 bits per heavy atom. The van der Waals surface area contributed by atoms with Gasteiger partial charge in [0, 0.05) is 32.1 Å². The first-order valence-electron chi connectivity index (χ1n) is 9.78. The first-order chi connectivity index (χ1) is 12.6. The highest BCUT2D eigenvalue weighted by atomic mass is 32.1. The van der Waals surface area contributed by atoms with E-state index in [1.54, 1.807) is 4.90 Å². The highest BCUT2D eigenvalue weighted by Gasteiger charge is 2.33. The number of amides is 3. The average molecular weight is 378 g/mol. The largest absolute Gasteiger partial charge is 0.342 e. The van der Waals surface area contributed by atoms with Crippen molar-refractivity contribution in [3.05, 3.63) is 5.01 Å². The van der Waals surface area contributed by atoms with Crippen LogP contribution in [0.5, 0.6) is 0 Å². The van der Waals surface area contributed by atoms with Gasteiger partial charge < -0.3 is 9.80 Å². The molecule has 1 saturated carbocycles. The van der Waals surface area contributed by atoms with E-state index in [1.807, 2.05) is 4.90 Å². The summed E-state index contributed by atoms with van der Waals surface area (Å²) in [6.07, 6.45) is 6.27. The molecule has 3 fully saturated rings. The normalized spacial score (nSPS) is 24.6. The van der Waals surface area contributed by atoms with Crippen molar-refractivity contribution in [2.45, 2.75) is 51.4 Å². The lowest BCUT2D eigenvalue weighted by Crippen LogP contribution is -2.49. The van der Waals surface area contributed by atoms with Crippen LogP contribution in [0, 0.1) is 11.8 Å². The molecule has 2 saturated heterocycles. The zero-order chi connectivity index (χ0) is 18.1. The number of urea groups is 1. The summed E-state index contributed by atoms with van der Waals surface area (Å²) in [5, 5.41) is 12.7. The van der Waals surface area contributed by atoms with Crippen molar-refractivity contribution < 1.29 is 9.59 Å². The van der Waals surface area contributed by atoms with E-state index in [4.69, 9.17) is 0 Å². The van der Waals surface area contributed by atoms with E-state index in [9.17, 15) is 9.59 Å². The molecule has 4 rings (SSSR count). The molecule has 7 nitrogen and oxygen atoms in total. The van der Waals surface area contributed by atoms with Crippen molar-refractivity contribution in [2.24, 2.45) is 11.8 Å². The Morgan fingerprint density at radius 1 is 1.04 bits per heavy atom. The lowest BCUT2D eigenvalue weighted by molar-refractivity contribution is -0.138. The number of anilines is 1. The van der Waals surface area contributed by atoms with Crippen LogP contribution in [-0.2, 0) is 4.79 Å². The fraction of sp³-hybridized carbons (Fsp3) is 0.778.